The number of carbonyl (C=O) groups is 3. The number of amides is 2. The molecule has 5 nitrogen and oxygen atoms in total. The zero-order valence-electron chi connectivity index (χ0n) is 9.72. The Hall–Kier alpha value is -1.53. The van der Waals surface area contributed by atoms with Crippen LogP contribution in [0.4, 0.5) is 4.79 Å². The molecule has 2 rings (SSSR count). The fourth-order valence-corrected chi connectivity index (χ4v) is 2.52. The van der Waals surface area contributed by atoms with Crippen molar-refractivity contribution in [3.63, 3.8) is 0 Å². The summed E-state index contributed by atoms with van der Waals surface area (Å²) in [7, 11) is 0. The first-order valence-corrected chi connectivity index (χ1v) is 6.72. The highest BCUT2D eigenvalue weighted by Crippen LogP contribution is 2.23. The van der Waals surface area contributed by atoms with Gasteiger partial charge in [0.1, 0.15) is 5.75 Å². The summed E-state index contributed by atoms with van der Waals surface area (Å²) < 4.78 is 5.11. The van der Waals surface area contributed by atoms with Crippen molar-refractivity contribution in [3.8, 4) is 5.75 Å². The van der Waals surface area contributed by atoms with E-state index in [-0.39, 0.29) is 23.0 Å². The van der Waals surface area contributed by atoms with Gasteiger partial charge in [-0.05, 0) is 35.7 Å². The average Bonchev–Trinajstić information content (AvgIpc) is 2.67. The van der Waals surface area contributed by atoms with Crippen LogP contribution in [0.5, 0.6) is 5.75 Å². The number of imide groups is 1. The summed E-state index contributed by atoms with van der Waals surface area (Å²) >= 11 is 6.15. The molecule has 0 saturated carbocycles. The van der Waals surface area contributed by atoms with E-state index >= 15 is 0 Å². The number of thioether (sulfide) groups is 1. The van der Waals surface area contributed by atoms with Crippen LogP contribution < -0.4 is 10.1 Å². The molecule has 0 aliphatic carbocycles. The van der Waals surface area contributed by atoms with Gasteiger partial charge < -0.3 is 4.74 Å². The van der Waals surface area contributed by atoms with Crippen LogP contribution in [0.15, 0.2) is 24.3 Å². The highest BCUT2D eigenvalue weighted by molar-refractivity contribution is 8.15. The quantitative estimate of drug-likeness (QED) is 0.838. The third-order valence-corrected chi connectivity index (χ3v) is 3.55. The van der Waals surface area contributed by atoms with Crippen LogP contribution in [-0.4, -0.2) is 28.2 Å². The zero-order valence-corrected chi connectivity index (χ0v) is 11.3. The van der Waals surface area contributed by atoms with E-state index < -0.39 is 5.24 Å². The van der Waals surface area contributed by atoms with E-state index in [0.29, 0.717) is 12.2 Å². The highest BCUT2D eigenvalue weighted by atomic mass is 35.5. The Morgan fingerprint density at radius 3 is 2.53 bits per heavy atom. The fraction of sp³-hybridized carbons (Fsp3) is 0.250. The molecule has 0 radical (unpaired) electrons. The van der Waals surface area contributed by atoms with Crippen molar-refractivity contribution in [2.24, 2.45) is 0 Å². The van der Waals surface area contributed by atoms with Crippen molar-refractivity contribution in [1.29, 1.82) is 0 Å². The van der Waals surface area contributed by atoms with Crippen molar-refractivity contribution >= 4 is 39.8 Å². The number of halogens is 1. The molecule has 1 N–H and O–H groups in total. The van der Waals surface area contributed by atoms with Crippen LogP contribution in [0.3, 0.4) is 0 Å². The van der Waals surface area contributed by atoms with Gasteiger partial charge in [-0.3, -0.25) is 19.7 Å². The van der Waals surface area contributed by atoms with Crippen molar-refractivity contribution in [1.82, 2.24) is 5.32 Å². The maximum atomic E-state index is 11.4. The van der Waals surface area contributed by atoms with Crippen molar-refractivity contribution in [2.75, 3.05) is 6.61 Å². The largest absolute Gasteiger partial charge is 0.484 e. The van der Waals surface area contributed by atoms with E-state index in [0.717, 1.165) is 17.3 Å². The second-order valence-electron chi connectivity index (χ2n) is 3.88. The normalized spacial score (nSPS) is 18.3. The predicted octanol–water partition coefficient (Wildman–Crippen LogP) is 1.72. The second-order valence-corrected chi connectivity index (χ2v) is 5.47. The van der Waals surface area contributed by atoms with Gasteiger partial charge in [0.2, 0.25) is 5.91 Å². The molecule has 1 aromatic carbocycles. The summed E-state index contributed by atoms with van der Waals surface area (Å²) in [5.74, 6) is 0.264. The van der Waals surface area contributed by atoms with E-state index in [1.807, 2.05) is 0 Å². The van der Waals surface area contributed by atoms with Gasteiger partial charge >= 0.3 is 0 Å². The Kier molecular flexibility index (Phi) is 4.44. The average molecular weight is 300 g/mol. The molecule has 1 aliphatic heterocycles. The van der Waals surface area contributed by atoms with Crippen LogP contribution in [0.1, 0.15) is 5.56 Å². The molecule has 0 aromatic heterocycles. The summed E-state index contributed by atoms with van der Waals surface area (Å²) in [5.41, 5.74) is 0.909. The molecular formula is C12H10ClNO4S. The third-order valence-electron chi connectivity index (χ3n) is 2.46. The lowest BCUT2D eigenvalue weighted by atomic mass is 10.1. The van der Waals surface area contributed by atoms with Crippen LogP contribution in [0.2, 0.25) is 0 Å². The number of nitrogens with one attached hydrogen (secondary N) is 1. The summed E-state index contributed by atoms with van der Waals surface area (Å²) in [6.45, 7) is -0.184. The Morgan fingerprint density at radius 2 is 2.00 bits per heavy atom. The number of hydrogen-bond donors (Lipinski definition) is 1. The molecule has 100 valence electrons. The lowest BCUT2D eigenvalue weighted by Crippen LogP contribution is -2.25. The van der Waals surface area contributed by atoms with Crippen molar-refractivity contribution < 1.29 is 19.1 Å². The van der Waals surface area contributed by atoms with Gasteiger partial charge in [-0.15, -0.1) is 0 Å². The number of hydrogen-bond acceptors (Lipinski definition) is 5. The number of benzene rings is 1. The maximum Gasteiger partial charge on any atom is 0.286 e. The van der Waals surface area contributed by atoms with Gasteiger partial charge in [-0.1, -0.05) is 23.9 Å². The molecule has 19 heavy (non-hydrogen) atoms. The van der Waals surface area contributed by atoms with Gasteiger partial charge in [-0.2, -0.15) is 0 Å². The maximum absolute atomic E-state index is 11.4. The van der Waals surface area contributed by atoms with Crippen molar-refractivity contribution in [3.05, 3.63) is 29.8 Å². The lowest BCUT2D eigenvalue weighted by Gasteiger charge is -2.07. The predicted molar refractivity (Wildman–Crippen MR) is 71.4 cm³/mol. The van der Waals surface area contributed by atoms with Gasteiger partial charge in [0.15, 0.2) is 6.61 Å². The van der Waals surface area contributed by atoms with E-state index in [2.05, 4.69) is 5.32 Å². The smallest absolute Gasteiger partial charge is 0.286 e. The first-order chi connectivity index (χ1) is 9.04. The Bertz CT molecular complexity index is 517. The Morgan fingerprint density at radius 1 is 1.32 bits per heavy atom. The summed E-state index contributed by atoms with van der Waals surface area (Å²) in [5, 5.41) is 0.976. The number of rotatable bonds is 5. The minimum absolute atomic E-state index is 0.184. The topological polar surface area (TPSA) is 72.5 Å². The molecular weight excluding hydrogens is 290 g/mol. The van der Waals surface area contributed by atoms with Crippen molar-refractivity contribution in [2.45, 2.75) is 11.7 Å². The fourth-order valence-electron chi connectivity index (χ4n) is 1.60. The van der Waals surface area contributed by atoms with E-state index in [1.54, 1.807) is 24.3 Å². The minimum atomic E-state index is -0.568. The van der Waals surface area contributed by atoms with Gasteiger partial charge in [0.25, 0.3) is 10.5 Å². The van der Waals surface area contributed by atoms with Crippen LogP contribution in [-0.2, 0) is 16.0 Å². The second kappa shape index (κ2) is 6.08. The summed E-state index contributed by atoms with van der Waals surface area (Å²) in [6.07, 6.45) is 0.469. The van der Waals surface area contributed by atoms with Crippen LogP contribution in [0.25, 0.3) is 0 Å². The van der Waals surface area contributed by atoms with Gasteiger partial charge in [-0.25, -0.2) is 0 Å². The molecule has 0 spiro atoms. The molecule has 7 heteroatoms. The molecule has 0 bridgehead atoms. The third kappa shape index (κ3) is 3.97. The molecule has 1 heterocycles. The van der Waals surface area contributed by atoms with Gasteiger partial charge in [0, 0.05) is 0 Å². The minimum Gasteiger partial charge on any atom is -0.484 e. The number of carbonyl (C=O) groups excluding carboxylic acids is 3. The Balaban J connectivity index is 1.93. The Labute approximate surface area is 118 Å². The molecule has 2 amide bonds. The standard InChI is InChI=1S/C12H10ClNO4S/c13-10(15)6-18-8-3-1-7(2-4-8)5-9-11(16)14-12(17)19-9/h1-4,9H,5-6H2,(H,14,16,17). The summed E-state index contributed by atoms with van der Waals surface area (Å²) in [4.78, 5) is 33.0. The molecule has 1 aromatic rings. The molecule has 1 atom stereocenters. The van der Waals surface area contributed by atoms with Crippen LogP contribution >= 0.6 is 23.4 Å². The summed E-state index contributed by atoms with van der Waals surface area (Å²) in [6, 6.07) is 6.94. The molecule has 1 unspecified atom stereocenters. The SMILES string of the molecule is O=C(Cl)COc1ccc(CC2SC(=O)NC2=O)cc1. The van der Waals surface area contributed by atoms with E-state index in [9.17, 15) is 14.4 Å². The molecule has 1 fully saturated rings. The highest BCUT2D eigenvalue weighted by Gasteiger charge is 2.31. The lowest BCUT2D eigenvalue weighted by molar-refractivity contribution is -0.119. The van der Waals surface area contributed by atoms with E-state index in [1.165, 1.54) is 0 Å². The van der Waals surface area contributed by atoms with Gasteiger partial charge in [0.05, 0.1) is 5.25 Å². The monoisotopic (exact) mass is 299 g/mol. The first kappa shape index (κ1) is 13.9. The zero-order chi connectivity index (χ0) is 13.8. The van der Waals surface area contributed by atoms with E-state index in [4.69, 9.17) is 16.3 Å². The molecule has 1 aliphatic rings. The first-order valence-electron chi connectivity index (χ1n) is 5.46. The molecule has 1 saturated heterocycles. The number of ether oxygens (including phenoxy) is 1. The van der Waals surface area contributed by atoms with Crippen LogP contribution in [0, 0.1) is 0 Å².